The Kier molecular flexibility index (Phi) is 5.02. The second kappa shape index (κ2) is 6.76. The van der Waals surface area contributed by atoms with E-state index in [0.29, 0.717) is 17.8 Å². The molecule has 0 fully saturated rings. The van der Waals surface area contributed by atoms with Gasteiger partial charge in [0.2, 0.25) is 5.91 Å². The standard InChI is InChI=1S/C17H19BrN2O/c1-11-9-14(18)17(15(19)10-11)20-16(21)8-7-13-6-4-3-5-12(13)2/h3-6,9-10H,7-8,19H2,1-2H3,(H,20,21). The third kappa shape index (κ3) is 4.08. The minimum Gasteiger partial charge on any atom is -0.397 e. The normalized spacial score (nSPS) is 10.4. The smallest absolute Gasteiger partial charge is 0.224 e. The minimum absolute atomic E-state index is 0.0329. The van der Waals surface area contributed by atoms with Crippen LogP contribution in [0.15, 0.2) is 40.9 Å². The molecule has 3 nitrogen and oxygen atoms in total. The number of halogens is 1. The fourth-order valence-electron chi connectivity index (χ4n) is 2.24. The summed E-state index contributed by atoms with van der Waals surface area (Å²) in [4.78, 5) is 12.1. The Morgan fingerprint density at radius 3 is 2.62 bits per heavy atom. The molecule has 21 heavy (non-hydrogen) atoms. The number of benzene rings is 2. The second-order valence-corrected chi connectivity index (χ2v) is 6.04. The fourth-order valence-corrected chi connectivity index (χ4v) is 2.93. The number of rotatable bonds is 4. The Hall–Kier alpha value is -1.81. The van der Waals surface area contributed by atoms with Crippen molar-refractivity contribution in [3.05, 3.63) is 57.6 Å². The van der Waals surface area contributed by atoms with Gasteiger partial charge in [0, 0.05) is 10.9 Å². The summed E-state index contributed by atoms with van der Waals surface area (Å²) in [6, 6.07) is 11.9. The summed E-state index contributed by atoms with van der Waals surface area (Å²) in [5, 5.41) is 2.88. The number of aryl methyl sites for hydroxylation is 3. The van der Waals surface area contributed by atoms with Crippen molar-refractivity contribution < 1.29 is 4.79 Å². The van der Waals surface area contributed by atoms with Crippen LogP contribution in [0.25, 0.3) is 0 Å². The van der Waals surface area contributed by atoms with Gasteiger partial charge in [-0.15, -0.1) is 0 Å². The number of hydrogen-bond acceptors (Lipinski definition) is 2. The lowest BCUT2D eigenvalue weighted by molar-refractivity contribution is -0.116. The lowest BCUT2D eigenvalue weighted by atomic mass is 10.0. The van der Waals surface area contributed by atoms with Crippen molar-refractivity contribution in [1.82, 2.24) is 0 Å². The minimum atomic E-state index is -0.0329. The predicted molar refractivity (Wildman–Crippen MR) is 91.4 cm³/mol. The Morgan fingerprint density at radius 2 is 1.95 bits per heavy atom. The van der Waals surface area contributed by atoms with Crippen LogP contribution in [0.5, 0.6) is 0 Å². The zero-order valence-electron chi connectivity index (χ0n) is 12.2. The number of nitrogen functional groups attached to an aromatic ring is 1. The predicted octanol–water partition coefficient (Wildman–Crippen LogP) is 4.22. The summed E-state index contributed by atoms with van der Waals surface area (Å²) in [6.45, 7) is 4.02. The van der Waals surface area contributed by atoms with E-state index in [1.54, 1.807) is 0 Å². The molecular formula is C17H19BrN2O. The van der Waals surface area contributed by atoms with E-state index < -0.39 is 0 Å². The summed E-state index contributed by atoms with van der Waals surface area (Å²) in [7, 11) is 0. The van der Waals surface area contributed by atoms with Crippen LogP contribution in [-0.4, -0.2) is 5.91 Å². The largest absolute Gasteiger partial charge is 0.397 e. The molecule has 2 aromatic rings. The molecule has 1 amide bonds. The van der Waals surface area contributed by atoms with Crippen LogP contribution in [-0.2, 0) is 11.2 Å². The molecule has 0 saturated heterocycles. The molecule has 0 atom stereocenters. The summed E-state index contributed by atoms with van der Waals surface area (Å²) < 4.78 is 0.809. The Labute approximate surface area is 133 Å². The van der Waals surface area contributed by atoms with Gasteiger partial charge >= 0.3 is 0 Å². The molecule has 0 aliphatic heterocycles. The van der Waals surface area contributed by atoms with Crippen molar-refractivity contribution in [2.45, 2.75) is 26.7 Å². The first-order valence-electron chi connectivity index (χ1n) is 6.87. The first-order chi connectivity index (χ1) is 9.97. The van der Waals surface area contributed by atoms with Crippen molar-refractivity contribution in [2.75, 3.05) is 11.1 Å². The highest BCUT2D eigenvalue weighted by Crippen LogP contribution is 2.30. The third-order valence-electron chi connectivity index (χ3n) is 3.41. The van der Waals surface area contributed by atoms with Crippen LogP contribution in [0.3, 0.4) is 0 Å². The third-order valence-corrected chi connectivity index (χ3v) is 4.04. The molecule has 0 heterocycles. The average Bonchev–Trinajstić information content (AvgIpc) is 2.42. The first-order valence-corrected chi connectivity index (χ1v) is 7.66. The molecule has 0 radical (unpaired) electrons. The van der Waals surface area contributed by atoms with Gasteiger partial charge in [-0.1, -0.05) is 24.3 Å². The van der Waals surface area contributed by atoms with Gasteiger partial charge in [0.05, 0.1) is 11.4 Å². The number of hydrogen-bond donors (Lipinski definition) is 2. The van der Waals surface area contributed by atoms with E-state index >= 15 is 0 Å². The number of nitrogens with two attached hydrogens (primary N) is 1. The van der Waals surface area contributed by atoms with E-state index in [1.807, 2.05) is 31.2 Å². The van der Waals surface area contributed by atoms with Gasteiger partial charge in [-0.05, 0) is 65.0 Å². The maximum atomic E-state index is 12.1. The van der Waals surface area contributed by atoms with Gasteiger partial charge in [0.1, 0.15) is 0 Å². The van der Waals surface area contributed by atoms with E-state index in [1.165, 1.54) is 11.1 Å². The molecule has 4 heteroatoms. The maximum absolute atomic E-state index is 12.1. The Balaban J connectivity index is 2.01. The van der Waals surface area contributed by atoms with Gasteiger partial charge in [-0.2, -0.15) is 0 Å². The highest BCUT2D eigenvalue weighted by molar-refractivity contribution is 9.10. The molecule has 0 unspecified atom stereocenters. The van der Waals surface area contributed by atoms with Crippen LogP contribution in [0, 0.1) is 13.8 Å². The lowest BCUT2D eigenvalue weighted by Crippen LogP contribution is -2.14. The summed E-state index contributed by atoms with van der Waals surface area (Å²) >= 11 is 3.44. The highest BCUT2D eigenvalue weighted by atomic mass is 79.9. The molecule has 2 rings (SSSR count). The molecular weight excluding hydrogens is 328 g/mol. The molecule has 0 bridgehead atoms. The number of anilines is 2. The molecule has 0 spiro atoms. The molecule has 0 aromatic heterocycles. The molecule has 3 N–H and O–H groups in total. The fraction of sp³-hybridized carbons (Fsp3) is 0.235. The number of amides is 1. The van der Waals surface area contributed by atoms with Gasteiger partial charge < -0.3 is 11.1 Å². The zero-order valence-corrected chi connectivity index (χ0v) is 13.8. The topological polar surface area (TPSA) is 55.1 Å². The monoisotopic (exact) mass is 346 g/mol. The van der Waals surface area contributed by atoms with E-state index in [9.17, 15) is 4.79 Å². The van der Waals surface area contributed by atoms with Crippen molar-refractivity contribution in [3.63, 3.8) is 0 Å². The summed E-state index contributed by atoms with van der Waals surface area (Å²) in [6.07, 6.45) is 1.16. The quantitative estimate of drug-likeness (QED) is 0.814. The molecule has 2 aromatic carbocycles. The Morgan fingerprint density at radius 1 is 1.24 bits per heavy atom. The van der Waals surface area contributed by atoms with E-state index in [2.05, 4.69) is 40.3 Å². The summed E-state index contributed by atoms with van der Waals surface area (Å²) in [5.74, 6) is -0.0329. The van der Waals surface area contributed by atoms with E-state index in [-0.39, 0.29) is 5.91 Å². The maximum Gasteiger partial charge on any atom is 0.224 e. The molecule has 110 valence electrons. The zero-order chi connectivity index (χ0) is 15.4. The van der Waals surface area contributed by atoms with Crippen LogP contribution < -0.4 is 11.1 Å². The van der Waals surface area contributed by atoms with Gasteiger partial charge in [-0.25, -0.2) is 0 Å². The average molecular weight is 347 g/mol. The molecule has 0 saturated carbocycles. The summed E-state index contributed by atoms with van der Waals surface area (Å²) in [5.41, 5.74) is 10.6. The van der Waals surface area contributed by atoms with E-state index in [4.69, 9.17) is 5.73 Å². The number of carbonyl (C=O) groups excluding carboxylic acids is 1. The van der Waals surface area contributed by atoms with Gasteiger partial charge in [-0.3, -0.25) is 4.79 Å². The van der Waals surface area contributed by atoms with Gasteiger partial charge in [0.25, 0.3) is 0 Å². The number of nitrogens with one attached hydrogen (secondary N) is 1. The van der Waals surface area contributed by atoms with Crippen LogP contribution >= 0.6 is 15.9 Å². The number of carbonyl (C=O) groups is 1. The lowest BCUT2D eigenvalue weighted by Gasteiger charge is -2.12. The van der Waals surface area contributed by atoms with Gasteiger partial charge in [0.15, 0.2) is 0 Å². The SMILES string of the molecule is Cc1cc(N)c(NC(=O)CCc2ccccc2C)c(Br)c1. The first kappa shape index (κ1) is 15.6. The van der Waals surface area contributed by atoms with Crippen LogP contribution in [0.1, 0.15) is 23.1 Å². The van der Waals surface area contributed by atoms with E-state index in [0.717, 1.165) is 16.5 Å². The van der Waals surface area contributed by atoms with Crippen molar-refractivity contribution in [2.24, 2.45) is 0 Å². The highest BCUT2D eigenvalue weighted by Gasteiger charge is 2.10. The molecule has 0 aliphatic carbocycles. The Bertz CT molecular complexity index is 645. The van der Waals surface area contributed by atoms with Crippen molar-refractivity contribution in [3.8, 4) is 0 Å². The molecule has 0 aliphatic rings. The van der Waals surface area contributed by atoms with Crippen molar-refractivity contribution in [1.29, 1.82) is 0 Å². The second-order valence-electron chi connectivity index (χ2n) is 5.19. The van der Waals surface area contributed by atoms with Crippen LogP contribution in [0.2, 0.25) is 0 Å². The van der Waals surface area contributed by atoms with Crippen LogP contribution in [0.4, 0.5) is 11.4 Å². The van der Waals surface area contributed by atoms with Crippen molar-refractivity contribution >= 4 is 33.2 Å².